The van der Waals surface area contributed by atoms with Gasteiger partial charge in [0.15, 0.2) is 0 Å². The zero-order valence-corrected chi connectivity index (χ0v) is 11.3. The molecule has 2 heterocycles. The molecule has 0 bridgehead atoms. The molecule has 0 saturated carbocycles. The van der Waals surface area contributed by atoms with Gasteiger partial charge in [-0.05, 0) is 32.3 Å². The number of aryl methyl sites for hydroxylation is 1. The van der Waals surface area contributed by atoms with Gasteiger partial charge in [-0.3, -0.25) is 0 Å². The molecule has 0 aromatic carbocycles. The van der Waals surface area contributed by atoms with Gasteiger partial charge in [-0.1, -0.05) is 19.1 Å². The van der Waals surface area contributed by atoms with Crippen LogP contribution in [0, 0.1) is 12.8 Å². The Hall–Kier alpha value is -1.23. The lowest BCUT2D eigenvalue weighted by atomic mass is 10.1. The van der Waals surface area contributed by atoms with E-state index in [1.807, 2.05) is 13.0 Å². The van der Waals surface area contributed by atoms with Gasteiger partial charge < -0.3 is 10.6 Å². The van der Waals surface area contributed by atoms with Crippen LogP contribution in [0.1, 0.15) is 31.7 Å². The highest BCUT2D eigenvalue weighted by Crippen LogP contribution is 2.26. The molecule has 1 fully saturated rings. The van der Waals surface area contributed by atoms with Gasteiger partial charge in [0.2, 0.25) is 5.95 Å². The lowest BCUT2D eigenvalue weighted by Crippen LogP contribution is -2.29. The largest absolute Gasteiger partial charge is 0.388 e. The van der Waals surface area contributed by atoms with E-state index in [4.69, 9.17) is 18.0 Å². The Morgan fingerprint density at radius 1 is 1.47 bits per heavy atom. The maximum atomic E-state index is 5.63. The number of thiocarbonyl (C=S) groups is 1. The summed E-state index contributed by atoms with van der Waals surface area (Å²) in [7, 11) is 0. The van der Waals surface area contributed by atoms with Crippen LogP contribution in [-0.4, -0.2) is 27.5 Å². The van der Waals surface area contributed by atoms with Crippen molar-refractivity contribution in [2.24, 2.45) is 11.7 Å². The van der Waals surface area contributed by atoms with E-state index in [1.165, 1.54) is 6.42 Å². The molecule has 0 spiro atoms. The lowest BCUT2D eigenvalue weighted by molar-refractivity contribution is 0.624. The van der Waals surface area contributed by atoms with Crippen LogP contribution >= 0.6 is 12.2 Å². The van der Waals surface area contributed by atoms with Crippen LogP contribution in [0.15, 0.2) is 6.07 Å². The molecule has 0 amide bonds. The first kappa shape index (κ1) is 12.2. The van der Waals surface area contributed by atoms with E-state index in [2.05, 4.69) is 28.7 Å². The minimum absolute atomic E-state index is 0.330. The van der Waals surface area contributed by atoms with E-state index in [0.717, 1.165) is 18.2 Å². The molecule has 1 aliphatic rings. The predicted molar refractivity (Wildman–Crippen MR) is 73.2 cm³/mol. The first-order valence-electron chi connectivity index (χ1n) is 5.89. The summed E-state index contributed by atoms with van der Waals surface area (Å²) in [6, 6.07) is 2.31. The minimum Gasteiger partial charge on any atom is -0.388 e. The highest BCUT2D eigenvalue weighted by molar-refractivity contribution is 7.80. The van der Waals surface area contributed by atoms with Crippen LogP contribution in [0.25, 0.3) is 0 Å². The Balaban J connectivity index is 2.35. The third-order valence-corrected chi connectivity index (χ3v) is 3.34. The van der Waals surface area contributed by atoms with Crippen LogP contribution in [-0.2, 0) is 0 Å². The molecule has 0 aliphatic carbocycles. The number of nitrogens with zero attached hydrogens (tertiary/aromatic N) is 3. The second kappa shape index (κ2) is 4.56. The maximum absolute atomic E-state index is 5.63. The Kier molecular flexibility index (Phi) is 3.28. The van der Waals surface area contributed by atoms with Gasteiger partial charge in [0.25, 0.3) is 0 Å². The molecule has 1 aromatic heterocycles. The van der Waals surface area contributed by atoms with E-state index < -0.39 is 0 Å². The predicted octanol–water partition coefficient (Wildman–Crippen LogP) is 1.65. The number of anilines is 1. The molecule has 0 radical (unpaired) electrons. The molecular weight excluding hydrogens is 232 g/mol. The highest BCUT2D eigenvalue weighted by atomic mass is 32.1. The molecule has 2 atom stereocenters. The van der Waals surface area contributed by atoms with Crippen molar-refractivity contribution in [1.82, 2.24) is 9.97 Å². The summed E-state index contributed by atoms with van der Waals surface area (Å²) in [6.07, 6.45) is 1.18. The van der Waals surface area contributed by atoms with Crippen molar-refractivity contribution in [2.75, 3.05) is 11.4 Å². The van der Waals surface area contributed by atoms with Crippen molar-refractivity contribution >= 4 is 23.2 Å². The quantitative estimate of drug-likeness (QED) is 0.809. The standard InChI is InChI=1S/C12H18N4S/c1-7-4-9(3)16(6-7)12-14-8(2)5-10(15-12)11(13)17/h5,7,9H,4,6H2,1-3H3,(H2,13,17). The van der Waals surface area contributed by atoms with E-state index >= 15 is 0 Å². The molecule has 1 aliphatic heterocycles. The van der Waals surface area contributed by atoms with E-state index in [9.17, 15) is 0 Å². The molecule has 17 heavy (non-hydrogen) atoms. The smallest absolute Gasteiger partial charge is 0.226 e. The molecule has 92 valence electrons. The average Bonchev–Trinajstić information content (AvgIpc) is 2.57. The van der Waals surface area contributed by atoms with Crippen molar-refractivity contribution in [3.05, 3.63) is 17.5 Å². The second-order valence-electron chi connectivity index (χ2n) is 4.90. The van der Waals surface area contributed by atoms with Gasteiger partial charge in [0.1, 0.15) is 10.7 Å². The number of hydrogen-bond acceptors (Lipinski definition) is 4. The molecular formula is C12H18N4S. The van der Waals surface area contributed by atoms with E-state index in [-0.39, 0.29) is 0 Å². The first-order valence-corrected chi connectivity index (χ1v) is 6.30. The average molecular weight is 250 g/mol. The van der Waals surface area contributed by atoms with Crippen molar-refractivity contribution in [3.8, 4) is 0 Å². The van der Waals surface area contributed by atoms with E-state index in [0.29, 0.717) is 22.6 Å². The molecule has 1 saturated heterocycles. The fourth-order valence-corrected chi connectivity index (χ4v) is 2.49. The topological polar surface area (TPSA) is 55.0 Å². The van der Waals surface area contributed by atoms with Crippen molar-refractivity contribution in [1.29, 1.82) is 0 Å². The molecule has 5 heteroatoms. The van der Waals surface area contributed by atoms with E-state index in [1.54, 1.807) is 0 Å². The van der Waals surface area contributed by atoms with Crippen LogP contribution in [0.2, 0.25) is 0 Å². The fraction of sp³-hybridized carbons (Fsp3) is 0.583. The van der Waals surface area contributed by atoms with Gasteiger partial charge in [-0.15, -0.1) is 0 Å². The number of aromatic nitrogens is 2. The minimum atomic E-state index is 0.330. The van der Waals surface area contributed by atoms with Gasteiger partial charge in [0, 0.05) is 18.3 Å². The monoisotopic (exact) mass is 250 g/mol. The summed E-state index contributed by atoms with van der Waals surface area (Å²) in [6.45, 7) is 7.40. The first-order chi connectivity index (χ1) is 7.97. The third kappa shape index (κ3) is 2.54. The summed E-state index contributed by atoms with van der Waals surface area (Å²) >= 11 is 4.98. The number of nitrogens with two attached hydrogens (primary N) is 1. The highest BCUT2D eigenvalue weighted by Gasteiger charge is 2.28. The van der Waals surface area contributed by atoms with Crippen LogP contribution in [0.4, 0.5) is 5.95 Å². The van der Waals surface area contributed by atoms with Gasteiger partial charge >= 0.3 is 0 Å². The molecule has 2 unspecified atom stereocenters. The summed E-state index contributed by atoms with van der Waals surface area (Å²) in [4.78, 5) is 11.5. The SMILES string of the molecule is Cc1cc(C(N)=S)nc(N2CC(C)CC2C)n1. The summed E-state index contributed by atoms with van der Waals surface area (Å²) < 4.78 is 0. The summed E-state index contributed by atoms with van der Waals surface area (Å²) in [5, 5.41) is 0. The molecule has 4 nitrogen and oxygen atoms in total. The van der Waals surface area contributed by atoms with Gasteiger partial charge in [0.05, 0.1) is 0 Å². The lowest BCUT2D eigenvalue weighted by Gasteiger charge is -2.22. The third-order valence-electron chi connectivity index (χ3n) is 3.14. The molecule has 2 rings (SSSR count). The van der Waals surface area contributed by atoms with Crippen molar-refractivity contribution < 1.29 is 0 Å². The van der Waals surface area contributed by atoms with Crippen molar-refractivity contribution in [3.63, 3.8) is 0 Å². The normalized spacial score (nSPS) is 24.1. The summed E-state index contributed by atoms with van der Waals surface area (Å²) in [5.74, 6) is 1.44. The zero-order valence-electron chi connectivity index (χ0n) is 10.5. The zero-order chi connectivity index (χ0) is 12.6. The Morgan fingerprint density at radius 2 is 2.18 bits per heavy atom. The van der Waals surface area contributed by atoms with Crippen molar-refractivity contribution in [2.45, 2.75) is 33.2 Å². The molecule has 2 N–H and O–H groups in total. The Labute approximate surface area is 107 Å². The Bertz CT molecular complexity index is 446. The number of hydrogen-bond donors (Lipinski definition) is 1. The van der Waals surface area contributed by atoms with Gasteiger partial charge in [-0.25, -0.2) is 9.97 Å². The number of rotatable bonds is 2. The maximum Gasteiger partial charge on any atom is 0.226 e. The second-order valence-corrected chi connectivity index (χ2v) is 5.34. The fourth-order valence-electron chi connectivity index (χ4n) is 2.39. The molecule has 1 aromatic rings. The Morgan fingerprint density at radius 3 is 2.71 bits per heavy atom. The summed E-state index contributed by atoms with van der Waals surface area (Å²) in [5.41, 5.74) is 7.20. The van der Waals surface area contributed by atoms with Crippen LogP contribution in [0.5, 0.6) is 0 Å². The van der Waals surface area contributed by atoms with Crippen LogP contribution in [0.3, 0.4) is 0 Å². The van der Waals surface area contributed by atoms with Crippen LogP contribution < -0.4 is 10.6 Å². The van der Waals surface area contributed by atoms with Gasteiger partial charge in [-0.2, -0.15) is 0 Å².